The molecule has 0 saturated heterocycles. The Morgan fingerprint density at radius 3 is 2.87 bits per heavy atom. The Bertz CT molecular complexity index is 393. The Morgan fingerprint density at radius 2 is 2.13 bits per heavy atom. The first-order chi connectivity index (χ1) is 7.36. The van der Waals surface area contributed by atoms with Crippen molar-refractivity contribution in [3.8, 4) is 5.75 Å². The number of allylic oxidation sites excluding steroid dienone is 3. The molecular weight excluding hydrogens is 299 g/mol. The van der Waals surface area contributed by atoms with Crippen LogP contribution in [-0.4, -0.2) is 6.61 Å². The van der Waals surface area contributed by atoms with Gasteiger partial charge in [0, 0.05) is 0 Å². The van der Waals surface area contributed by atoms with Crippen molar-refractivity contribution in [2.75, 3.05) is 6.61 Å². The summed E-state index contributed by atoms with van der Waals surface area (Å²) in [6.45, 7) is 0.713. The molecular formula is C13H13IO. The van der Waals surface area contributed by atoms with E-state index >= 15 is 0 Å². The first-order valence-electron chi connectivity index (χ1n) is 5.08. The minimum Gasteiger partial charge on any atom is -0.488 e. The third kappa shape index (κ3) is 3.09. The maximum Gasteiger partial charge on any atom is 0.133 e. The van der Waals surface area contributed by atoms with Gasteiger partial charge in [0.15, 0.2) is 0 Å². The van der Waals surface area contributed by atoms with E-state index in [9.17, 15) is 0 Å². The number of hydrogen-bond acceptors (Lipinski definition) is 1. The molecule has 0 bridgehead atoms. The van der Waals surface area contributed by atoms with E-state index in [-0.39, 0.29) is 0 Å². The number of para-hydroxylation sites is 1. The second-order valence-corrected chi connectivity index (χ2v) is 4.67. The van der Waals surface area contributed by atoms with Crippen LogP contribution in [0.1, 0.15) is 12.8 Å². The largest absolute Gasteiger partial charge is 0.488 e. The van der Waals surface area contributed by atoms with Gasteiger partial charge in [-0.1, -0.05) is 30.4 Å². The molecule has 0 fully saturated rings. The summed E-state index contributed by atoms with van der Waals surface area (Å²) in [6.07, 6.45) is 8.72. The van der Waals surface area contributed by atoms with Gasteiger partial charge in [-0.25, -0.2) is 0 Å². The molecule has 0 amide bonds. The maximum absolute atomic E-state index is 5.77. The molecule has 1 aromatic rings. The minimum absolute atomic E-state index is 0.713. The number of benzene rings is 1. The zero-order valence-electron chi connectivity index (χ0n) is 8.45. The molecule has 1 aromatic carbocycles. The summed E-state index contributed by atoms with van der Waals surface area (Å²) in [5.74, 6) is 0.980. The molecule has 0 radical (unpaired) electrons. The van der Waals surface area contributed by atoms with E-state index in [0.717, 1.165) is 18.6 Å². The van der Waals surface area contributed by atoms with Crippen LogP contribution in [0.2, 0.25) is 0 Å². The fraction of sp³-hybridized carbons (Fsp3) is 0.231. The quantitative estimate of drug-likeness (QED) is 0.768. The highest BCUT2D eigenvalue weighted by Gasteiger charge is 2.03. The Balaban J connectivity index is 1.96. The summed E-state index contributed by atoms with van der Waals surface area (Å²) in [5, 5.41) is 0. The zero-order valence-corrected chi connectivity index (χ0v) is 10.6. The lowest BCUT2D eigenvalue weighted by Crippen LogP contribution is -2.03. The highest BCUT2D eigenvalue weighted by Crippen LogP contribution is 2.21. The van der Waals surface area contributed by atoms with Gasteiger partial charge in [-0.05, 0) is 53.1 Å². The standard InChI is InChI=1S/C13H13IO/c14-12-8-4-5-9-13(12)15-10-11-6-2-1-3-7-11/h1-2,4-6,8-9H,3,7,10H2. The van der Waals surface area contributed by atoms with Gasteiger partial charge in [0.25, 0.3) is 0 Å². The molecule has 0 spiro atoms. The number of ether oxygens (including phenoxy) is 1. The summed E-state index contributed by atoms with van der Waals surface area (Å²) in [6, 6.07) is 8.11. The second-order valence-electron chi connectivity index (χ2n) is 3.51. The lowest BCUT2D eigenvalue weighted by molar-refractivity contribution is 0.345. The van der Waals surface area contributed by atoms with Crippen LogP contribution in [0.25, 0.3) is 0 Å². The molecule has 1 aliphatic rings. The Kier molecular flexibility index (Phi) is 3.83. The van der Waals surface area contributed by atoms with Crippen LogP contribution in [0.5, 0.6) is 5.75 Å². The van der Waals surface area contributed by atoms with Crippen LogP contribution in [0, 0.1) is 3.57 Å². The minimum atomic E-state index is 0.713. The molecule has 0 atom stereocenters. The molecule has 2 heteroatoms. The molecule has 2 rings (SSSR count). The normalized spacial score (nSPS) is 14.9. The molecule has 0 N–H and O–H groups in total. The summed E-state index contributed by atoms with van der Waals surface area (Å²) in [4.78, 5) is 0. The van der Waals surface area contributed by atoms with Gasteiger partial charge in [0.05, 0.1) is 3.57 Å². The van der Waals surface area contributed by atoms with Crippen LogP contribution >= 0.6 is 22.6 Å². The predicted octanol–water partition coefficient (Wildman–Crippen LogP) is 3.95. The summed E-state index contributed by atoms with van der Waals surface area (Å²) in [7, 11) is 0. The molecule has 0 saturated carbocycles. The first kappa shape index (κ1) is 10.7. The van der Waals surface area contributed by atoms with Crippen molar-refractivity contribution in [2.24, 2.45) is 0 Å². The fourth-order valence-corrected chi connectivity index (χ4v) is 2.05. The van der Waals surface area contributed by atoms with Crippen molar-refractivity contribution in [1.82, 2.24) is 0 Å². The third-order valence-electron chi connectivity index (χ3n) is 2.35. The Morgan fingerprint density at radius 1 is 1.27 bits per heavy atom. The number of rotatable bonds is 3. The SMILES string of the molecule is Ic1ccccc1OCC1=CC=CCC1. The molecule has 15 heavy (non-hydrogen) atoms. The van der Waals surface area contributed by atoms with Crippen LogP contribution in [-0.2, 0) is 0 Å². The molecule has 78 valence electrons. The average molecular weight is 312 g/mol. The van der Waals surface area contributed by atoms with E-state index in [4.69, 9.17) is 4.74 Å². The van der Waals surface area contributed by atoms with Gasteiger partial charge < -0.3 is 4.74 Å². The third-order valence-corrected chi connectivity index (χ3v) is 3.24. The number of hydrogen-bond donors (Lipinski definition) is 0. The topological polar surface area (TPSA) is 9.23 Å². The smallest absolute Gasteiger partial charge is 0.133 e. The van der Waals surface area contributed by atoms with Crippen molar-refractivity contribution in [1.29, 1.82) is 0 Å². The molecule has 1 aliphatic carbocycles. The van der Waals surface area contributed by atoms with Gasteiger partial charge in [0.1, 0.15) is 12.4 Å². The van der Waals surface area contributed by atoms with Crippen molar-refractivity contribution < 1.29 is 4.74 Å². The van der Waals surface area contributed by atoms with Gasteiger partial charge in [0.2, 0.25) is 0 Å². The van der Waals surface area contributed by atoms with Gasteiger partial charge in [-0.15, -0.1) is 0 Å². The molecule has 0 unspecified atom stereocenters. The average Bonchev–Trinajstić information content (AvgIpc) is 2.29. The summed E-state index contributed by atoms with van der Waals surface area (Å²) >= 11 is 2.30. The molecule has 1 nitrogen and oxygen atoms in total. The van der Waals surface area contributed by atoms with Crippen LogP contribution < -0.4 is 4.74 Å². The van der Waals surface area contributed by atoms with Gasteiger partial charge >= 0.3 is 0 Å². The number of halogens is 1. The van der Waals surface area contributed by atoms with E-state index in [1.54, 1.807) is 0 Å². The summed E-state index contributed by atoms with van der Waals surface area (Å²) in [5.41, 5.74) is 1.37. The van der Waals surface area contributed by atoms with E-state index < -0.39 is 0 Å². The lowest BCUT2D eigenvalue weighted by Gasteiger charge is -2.11. The van der Waals surface area contributed by atoms with Crippen LogP contribution in [0.3, 0.4) is 0 Å². The highest BCUT2D eigenvalue weighted by atomic mass is 127. The predicted molar refractivity (Wildman–Crippen MR) is 71.1 cm³/mol. The van der Waals surface area contributed by atoms with Crippen molar-refractivity contribution in [2.45, 2.75) is 12.8 Å². The first-order valence-corrected chi connectivity index (χ1v) is 6.16. The highest BCUT2D eigenvalue weighted by molar-refractivity contribution is 14.1. The van der Waals surface area contributed by atoms with E-state index in [1.807, 2.05) is 18.2 Å². The van der Waals surface area contributed by atoms with Crippen molar-refractivity contribution >= 4 is 22.6 Å². The van der Waals surface area contributed by atoms with Crippen LogP contribution in [0.4, 0.5) is 0 Å². The van der Waals surface area contributed by atoms with Crippen molar-refractivity contribution in [3.05, 3.63) is 51.6 Å². The van der Waals surface area contributed by atoms with E-state index in [2.05, 4.69) is 46.9 Å². The summed E-state index contributed by atoms with van der Waals surface area (Å²) < 4.78 is 6.94. The van der Waals surface area contributed by atoms with Gasteiger partial charge in [-0.3, -0.25) is 0 Å². The van der Waals surface area contributed by atoms with Crippen LogP contribution in [0.15, 0.2) is 48.1 Å². The molecule has 0 aliphatic heterocycles. The zero-order chi connectivity index (χ0) is 10.5. The van der Waals surface area contributed by atoms with Gasteiger partial charge in [-0.2, -0.15) is 0 Å². The lowest BCUT2D eigenvalue weighted by atomic mass is 10.1. The maximum atomic E-state index is 5.77. The monoisotopic (exact) mass is 312 g/mol. The van der Waals surface area contributed by atoms with E-state index in [1.165, 1.54) is 9.14 Å². The molecule has 0 heterocycles. The van der Waals surface area contributed by atoms with E-state index in [0.29, 0.717) is 6.61 Å². The van der Waals surface area contributed by atoms with Crippen molar-refractivity contribution in [3.63, 3.8) is 0 Å². The second kappa shape index (κ2) is 5.35. The Labute approximate surface area is 104 Å². The Hall–Kier alpha value is -0.770. The molecule has 0 aromatic heterocycles. The fourth-order valence-electron chi connectivity index (χ4n) is 1.50.